The van der Waals surface area contributed by atoms with Crippen molar-refractivity contribution >= 4 is 44.8 Å². The molecule has 0 aromatic heterocycles. The van der Waals surface area contributed by atoms with Gasteiger partial charge in [-0.3, -0.25) is 4.79 Å². The van der Waals surface area contributed by atoms with E-state index in [2.05, 4.69) is 5.32 Å². The van der Waals surface area contributed by atoms with Crippen LogP contribution in [0.4, 0.5) is 5.69 Å². The Balaban J connectivity index is 2.16. The second-order valence-corrected chi connectivity index (χ2v) is 7.20. The van der Waals surface area contributed by atoms with Crippen molar-refractivity contribution in [2.24, 2.45) is 11.1 Å². The highest BCUT2D eigenvalue weighted by Crippen LogP contribution is 2.33. The van der Waals surface area contributed by atoms with Crippen LogP contribution in [0.5, 0.6) is 0 Å². The summed E-state index contributed by atoms with van der Waals surface area (Å²) in [6, 6.07) is 2.32. The number of allylic oxidation sites excluding steroid dienone is 2. The number of halogens is 2. The zero-order valence-electron chi connectivity index (χ0n) is 11.0. The minimum atomic E-state index is -3.90. The molecule has 0 bridgehead atoms. The van der Waals surface area contributed by atoms with Gasteiger partial charge in [-0.25, -0.2) is 13.6 Å². The summed E-state index contributed by atoms with van der Waals surface area (Å²) in [5.74, 6) is -0.00931. The normalized spacial score (nSPS) is 18.0. The van der Waals surface area contributed by atoms with Gasteiger partial charge in [-0.1, -0.05) is 35.4 Å². The number of primary sulfonamides is 1. The van der Waals surface area contributed by atoms with Gasteiger partial charge in [-0.05, 0) is 30.9 Å². The van der Waals surface area contributed by atoms with E-state index in [1.165, 1.54) is 0 Å². The molecule has 1 aromatic rings. The summed E-state index contributed by atoms with van der Waals surface area (Å²) in [5.41, 5.74) is 0.192. The maximum absolute atomic E-state index is 11.9. The number of anilines is 1. The van der Waals surface area contributed by atoms with Crippen LogP contribution >= 0.6 is 23.2 Å². The van der Waals surface area contributed by atoms with E-state index in [1.54, 1.807) is 0 Å². The molecule has 0 saturated heterocycles. The van der Waals surface area contributed by atoms with Crippen LogP contribution < -0.4 is 10.5 Å². The Morgan fingerprint density at radius 2 is 1.95 bits per heavy atom. The third-order valence-corrected chi connectivity index (χ3v) is 4.66. The molecule has 114 valence electrons. The number of hydrogen-bond donors (Lipinski definition) is 2. The highest BCUT2D eigenvalue weighted by atomic mass is 35.5. The molecule has 8 heteroatoms. The van der Waals surface area contributed by atoms with E-state index in [1.807, 2.05) is 12.2 Å². The Hall–Kier alpha value is -1.08. The standard InChI is InChI=1S/C13H14Cl2N2O3S/c14-10-6-9(21(16,19)20)7-11(15)13(10)17-12(18)5-8-3-1-2-4-8/h1,3,6-8H,2,4-5H2,(H,17,18)(H2,16,19,20). The van der Waals surface area contributed by atoms with Crippen molar-refractivity contribution in [1.29, 1.82) is 0 Å². The zero-order chi connectivity index (χ0) is 15.6. The molecule has 3 N–H and O–H groups in total. The number of rotatable bonds is 4. The van der Waals surface area contributed by atoms with Crippen LogP contribution in [0.15, 0.2) is 29.2 Å². The summed E-state index contributed by atoms with van der Waals surface area (Å²) < 4.78 is 22.5. The van der Waals surface area contributed by atoms with Gasteiger partial charge in [0.25, 0.3) is 0 Å². The third-order valence-electron chi connectivity index (χ3n) is 3.17. The monoisotopic (exact) mass is 348 g/mol. The fourth-order valence-electron chi connectivity index (χ4n) is 2.13. The second-order valence-electron chi connectivity index (χ2n) is 4.82. The third kappa shape index (κ3) is 4.20. The van der Waals surface area contributed by atoms with Crippen LogP contribution in [-0.4, -0.2) is 14.3 Å². The van der Waals surface area contributed by atoms with Crippen LogP contribution in [0.25, 0.3) is 0 Å². The highest BCUT2D eigenvalue weighted by Gasteiger charge is 2.18. The SMILES string of the molecule is NS(=O)(=O)c1cc(Cl)c(NC(=O)CC2C=CCC2)c(Cl)c1. The Labute approximate surface area is 133 Å². The Kier molecular flexibility index (Phi) is 4.93. The molecule has 0 heterocycles. The molecule has 1 aliphatic carbocycles. The van der Waals surface area contributed by atoms with E-state index < -0.39 is 10.0 Å². The predicted molar refractivity (Wildman–Crippen MR) is 82.9 cm³/mol. The van der Waals surface area contributed by atoms with Crippen molar-refractivity contribution in [3.8, 4) is 0 Å². The minimum Gasteiger partial charge on any atom is -0.324 e. The Morgan fingerprint density at radius 1 is 1.33 bits per heavy atom. The summed E-state index contributed by atoms with van der Waals surface area (Å²) in [6.07, 6.45) is 6.30. The average molecular weight is 349 g/mol. The second kappa shape index (κ2) is 6.36. The lowest BCUT2D eigenvalue weighted by Crippen LogP contribution is -2.16. The molecule has 1 aromatic carbocycles. The van der Waals surface area contributed by atoms with Crippen molar-refractivity contribution in [1.82, 2.24) is 0 Å². The van der Waals surface area contributed by atoms with Crippen molar-refractivity contribution < 1.29 is 13.2 Å². The molecule has 1 aliphatic rings. The van der Waals surface area contributed by atoms with Crippen molar-refractivity contribution in [3.05, 3.63) is 34.3 Å². The molecule has 0 spiro atoms. The van der Waals surface area contributed by atoms with Crippen molar-refractivity contribution in [2.75, 3.05) is 5.32 Å². The highest BCUT2D eigenvalue weighted by molar-refractivity contribution is 7.89. The van der Waals surface area contributed by atoms with Gasteiger partial charge in [0.15, 0.2) is 0 Å². The average Bonchev–Trinajstić information content (AvgIpc) is 2.85. The van der Waals surface area contributed by atoms with Crippen LogP contribution in [-0.2, 0) is 14.8 Å². The number of sulfonamides is 1. The first-order chi connectivity index (χ1) is 9.77. The minimum absolute atomic E-state index is 0.0295. The summed E-state index contributed by atoms with van der Waals surface area (Å²) in [5, 5.41) is 7.69. The maximum atomic E-state index is 11.9. The fraction of sp³-hybridized carbons (Fsp3) is 0.308. The van der Waals surface area contributed by atoms with Crippen LogP contribution in [0, 0.1) is 5.92 Å². The molecule has 5 nitrogen and oxygen atoms in total. The van der Waals surface area contributed by atoms with Gasteiger partial charge in [0, 0.05) is 6.42 Å². The van der Waals surface area contributed by atoms with Crippen LogP contribution in [0.1, 0.15) is 19.3 Å². The lowest BCUT2D eigenvalue weighted by Gasteiger charge is -2.12. The summed E-state index contributed by atoms with van der Waals surface area (Å²) in [7, 11) is -3.90. The number of benzene rings is 1. The maximum Gasteiger partial charge on any atom is 0.238 e. The Bertz CT molecular complexity index is 678. The molecular weight excluding hydrogens is 335 g/mol. The number of nitrogens with one attached hydrogen (secondary N) is 1. The molecule has 2 rings (SSSR count). The van der Waals surface area contributed by atoms with Gasteiger partial charge >= 0.3 is 0 Å². The number of nitrogens with two attached hydrogens (primary N) is 1. The van der Waals surface area contributed by atoms with E-state index >= 15 is 0 Å². The number of carbonyl (C=O) groups is 1. The summed E-state index contributed by atoms with van der Waals surface area (Å²) in [4.78, 5) is 11.7. The number of amides is 1. The van der Waals surface area contributed by atoms with E-state index in [4.69, 9.17) is 28.3 Å². The smallest absolute Gasteiger partial charge is 0.238 e. The fourth-order valence-corrected chi connectivity index (χ4v) is 3.40. The van der Waals surface area contributed by atoms with E-state index in [0.717, 1.165) is 25.0 Å². The number of hydrogen-bond acceptors (Lipinski definition) is 3. The lowest BCUT2D eigenvalue weighted by molar-refractivity contribution is -0.116. The molecule has 0 fully saturated rings. The van der Waals surface area contributed by atoms with Crippen molar-refractivity contribution in [3.63, 3.8) is 0 Å². The largest absolute Gasteiger partial charge is 0.324 e. The van der Waals surface area contributed by atoms with Gasteiger partial charge in [0.05, 0.1) is 20.6 Å². The molecule has 1 atom stereocenters. The summed E-state index contributed by atoms with van der Waals surface area (Å²) in [6.45, 7) is 0. The van der Waals surface area contributed by atoms with Gasteiger partial charge in [0.2, 0.25) is 15.9 Å². The molecule has 1 unspecified atom stereocenters. The zero-order valence-corrected chi connectivity index (χ0v) is 13.3. The molecule has 1 amide bonds. The van der Waals surface area contributed by atoms with Crippen molar-refractivity contribution in [2.45, 2.75) is 24.2 Å². The van der Waals surface area contributed by atoms with Gasteiger partial charge < -0.3 is 5.32 Å². The van der Waals surface area contributed by atoms with Gasteiger partial charge in [-0.2, -0.15) is 0 Å². The predicted octanol–water partition coefficient (Wildman–Crippen LogP) is 2.94. The summed E-state index contributed by atoms with van der Waals surface area (Å²) >= 11 is 11.9. The van der Waals surface area contributed by atoms with Gasteiger partial charge in [-0.15, -0.1) is 0 Å². The molecule has 0 radical (unpaired) electrons. The molecular formula is C13H14Cl2N2O3S. The van der Waals surface area contributed by atoms with Crippen LogP contribution in [0.2, 0.25) is 10.0 Å². The molecule has 0 saturated carbocycles. The topological polar surface area (TPSA) is 89.3 Å². The van der Waals surface area contributed by atoms with E-state index in [0.29, 0.717) is 6.42 Å². The lowest BCUT2D eigenvalue weighted by atomic mass is 10.1. The van der Waals surface area contributed by atoms with Gasteiger partial charge in [0.1, 0.15) is 0 Å². The van der Waals surface area contributed by atoms with E-state index in [-0.39, 0.29) is 32.5 Å². The first kappa shape index (κ1) is 16.3. The first-order valence-corrected chi connectivity index (χ1v) is 8.56. The molecule has 0 aliphatic heterocycles. The molecule has 21 heavy (non-hydrogen) atoms. The number of carbonyl (C=O) groups excluding carboxylic acids is 1. The first-order valence-electron chi connectivity index (χ1n) is 6.25. The Morgan fingerprint density at radius 3 is 2.43 bits per heavy atom. The van der Waals surface area contributed by atoms with E-state index in [9.17, 15) is 13.2 Å². The van der Waals surface area contributed by atoms with Crippen LogP contribution in [0.3, 0.4) is 0 Å². The quantitative estimate of drug-likeness (QED) is 0.819.